The minimum Gasteiger partial charge on any atom is -0.0817 e. The molecule has 0 fully saturated rings. The van der Waals surface area contributed by atoms with Crippen molar-refractivity contribution in [3.8, 4) is 0 Å². The normalized spacial score (nSPS) is 9.11. The molecule has 0 rings (SSSR count). The second kappa shape index (κ2) is 6.32. The van der Waals surface area contributed by atoms with Gasteiger partial charge in [-0.3, -0.25) is 0 Å². The lowest BCUT2D eigenvalue weighted by Crippen LogP contribution is -2.21. The van der Waals surface area contributed by atoms with Crippen LogP contribution in [0.5, 0.6) is 0 Å². The van der Waals surface area contributed by atoms with E-state index in [2.05, 4.69) is 21.6 Å². The molecule has 0 aromatic carbocycles. The maximum absolute atomic E-state index is 2.30. The quantitative estimate of drug-likeness (QED) is 0.472. The maximum Gasteiger partial charge on any atom is 0.0960 e. The Labute approximate surface area is 61.5 Å². The van der Waals surface area contributed by atoms with Gasteiger partial charge in [-0.25, -0.2) is 0 Å². The molecule has 0 aromatic heterocycles. The Balaban J connectivity index is 3.18. The molecule has 0 radical (unpaired) electrons. The second-order valence-corrected chi connectivity index (χ2v) is 2.85. The van der Waals surface area contributed by atoms with Gasteiger partial charge < -0.3 is 0 Å². The zero-order valence-corrected chi connectivity index (χ0v) is 7.11. The standard InChI is InChI=1S/C6H17B3/c1-3-5-9(8-7)6-4-2/h8H,3-7H2,1-2H3. The smallest absolute Gasteiger partial charge is 0.0817 e. The van der Waals surface area contributed by atoms with Crippen LogP contribution in [0.2, 0.25) is 12.6 Å². The van der Waals surface area contributed by atoms with Crippen LogP contribution in [0.3, 0.4) is 0 Å². The molecular formula is C6H17B3. The Morgan fingerprint density at radius 2 is 1.67 bits per heavy atom. The molecule has 0 saturated carbocycles. The van der Waals surface area contributed by atoms with E-state index < -0.39 is 0 Å². The van der Waals surface area contributed by atoms with Gasteiger partial charge in [-0.2, -0.15) is 0 Å². The van der Waals surface area contributed by atoms with E-state index in [4.69, 9.17) is 0 Å². The molecule has 0 amide bonds. The number of hydrogen-bond acceptors (Lipinski definition) is 0. The van der Waals surface area contributed by atoms with E-state index in [0.29, 0.717) is 0 Å². The fraction of sp³-hybridized carbons (Fsp3) is 1.00. The SMILES string of the molecule is BBB(CCC)CCC. The molecule has 0 saturated heterocycles. The maximum atomic E-state index is 2.30. The van der Waals surface area contributed by atoms with Gasteiger partial charge in [0.25, 0.3) is 0 Å². The zero-order valence-electron chi connectivity index (χ0n) is 7.11. The molecular weight excluding hydrogens is 105 g/mol. The lowest BCUT2D eigenvalue weighted by molar-refractivity contribution is 1.02. The van der Waals surface area contributed by atoms with Crippen molar-refractivity contribution < 1.29 is 0 Å². The number of rotatable bonds is 5. The Kier molecular flexibility index (Phi) is 6.45. The van der Waals surface area contributed by atoms with E-state index in [1.807, 2.05) is 0 Å². The first-order valence-electron chi connectivity index (χ1n) is 4.35. The van der Waals surface area contributed by atoms with E-state index in [9.17, 15) is 0 Å². The summed E-state index contributed by atoms with van der Waals surface area (Å²) in [4.78, 5) is 0. The van der Waals surface area contributed by atoms with Crippen molar-refractivity contribution in [3.63, 3.8) is 0 Å². The molecule has 0 heterocycles. The van der Waals surface area contributed by atoms with E-state index in [0.717, 1.165) is 6.60 Å². The molecule has 0 bridgehead atoms. The van der Waals surface area contributed by atoms with Crippen molar-refractivity contribution in [2.24, 2.45) is 0 Å². The lowest BCUT2D eigenvalue weighted by atomic mass is 9.11. The van der Waals surface area contributed by atoms with Gasteiger partial charge in [0.2, 0.25) is 0 Å². The molecule has 0 aromatic rings. The highest BCUT2D eigenvalue weighted by Crippen LogP contribution is 2.02. The van der Waals surface area contributed by atoms with Crippen molar-refractivity contribution >= 4 is 21.4 Å². The van der Waals surface area contributed by atoms with Gasteiger partial charge in [0, 0.05) is 0 Å². The first kappa shape index (κ1) is 9.19. The summed E-state index contributed by atoms with van der Waals surface area (Å²) >= 11 is 0. The molecule has 3 heteroatoms. The Morgan fingerprint density at radius 1 is 1.22 bits per heavy atom. The molecule has 50 valence electrons. The van der Waals surface area contributed by atoms with Crippen LogP contribution in [0.4, 0.5) is 0 Å². The highest BCUT2D eigenvalue weighted by Gasteiger charge is 2.06. The van der Waals surface area contributed by atoms with Crippen LogP contribution in [0.25, 0.3) is 0 Å². The number of hydrogen-bond donors (Lipinski definition) is 0. The second-order valence-electron chi connectivity index (χ2n) is 2.85. The highest BCUT2D eigenvalue weighted by molar-refractivity contribution is 7.31. The molecule has 0 aliphatic carbocycles. The molecule has 0 unspecified atom stereocenters. The first-order chi connectivity index (χ1) is 4.35. The fourth-order valence-corrected chi connectivity index (χ4v) is 1.37. The Hall–Kier alpha value is 0.195. The molecule has 0 nitrogen and oxygen atoms in total. The van der Waals surface area contributed by atoms with Gasteiger partial charge in [0.05, 0.1) is 21.4 Å². The third-order valence-electron chi connectivity index (χ3n) is 1.97. The van der Waals surface area contributed by atoms with Crippen LogP contribution in [-0.4, -0.2) is 21.4 Å². The molecule has 0 aliphatic rings. The van der Waals surface area contributed by atoms with Gasteiger partial charge in [-0.05, 0) is 0 Å². The van der Waals surface area contributed by atoms with E-state index >= 15 is 0 Å². The predicted octanol–water partition coefficient (Wildman–Crippen LogP) is 0.782. The molecule has 9 heavy (non-hydrogen) atoms. The van der Waals surface area contributed by atoms with Crippen LogP contribution in [-0.2, 0) is 0 Å². The van der Waals surface area contributed by atoms with Gasteiger partial charge in [-0.1, -0.05) is 39.3 Å². The Morgan fingerprint density at radius 3 is 1.89 bits per heavy atom. The minimum atomic E-state index is 1.01. The first-order valence-corrected chi connectivity index (χ1v) is 4.35. The lowest BCUT2D eigenvalue weighted by Gasteiger charge is -2.05. The van der Waals surface area contributed by atoms with Crippen LogP contribution >= 0.6 is 0 Å². The van der Waals surface area contributed by atoms with Crippen LogP contribution in [0.15, 0.2) is 0 Å². The summed E-state index contributed by atoms with van der Waals surface area (Å²) < 4.78 is 0. The average Bonchev–Trinajstić information content (AvgIpc) is 1.88. The van der Waals surface area contributed by atoms with Crippen molar-refractivity contribution in [2.75, 3.05) is 0 Å². The Bertz CT molecular complexity index is 50.3. The summed E-state index contributed by atoms with van der Waals surface area (Å²) in [6, 6.07) is 0. The topological polar surface area (TPSA) is 0 Å². The van der Waals surface area contributed by atoms with Crippen LogP contribution in [0, 0.1) is 0 Å². The van der Waals surface area contributed by atoms with E-state index in [1.54, 1.807) is 0 Å². The van der Waals surface area contributed by atoms with Crippen molar-refractivity contribution in [1.82, 2.24) is 0 Å². The van der Waals surface area contributed by atoms with E-state index in [1.165, 1.54) is 32.5 Å². The van der Waals surface area contributed by atoms with Crippen molar-refractivity contribution in [2.45, 2.75) is 39.3 Å². The van der Waals surface area contributed by atoms with Crippen molar-refractivity contribution in [1.29, 1.82) is 0 Å². The van der Waals surface area contributed by atoms with Gasteiger partial charge in [0.1, 0.15) is 0 Å². The van der Waals surface area contributed by atoms with Crippen LogP contribution < -0.4 is 0 Å². The monoisotopic (exact) mass is 122 g/mol. The molecule has 0 spiro atoms. The summed E-state index contributed by atoms with van der Waals surface area (Å²) in [6.45, 7) is 5.57. The van der Waals surface area contributed by atoms with Gasteiger partial charge in [0.15, 0.2) is 0 Å². The summed E-state index contributed by atoms with van der Waals surface area (Å²) in [5.41, 5.74) is 0. The summed E-state index contributed by atoms with van der Waals surface area (Å²) in [5.74, 6) is 0. The van der Waals surface area contributed by atoms with E-state index in [-0.39, 0.29) is 0 Å². The molecule has 0 aliphatic heterocycles. The van der Waals surface area contributed by atoms with Crippen LogP contribution in [0.1, 0.15) is 26.7 Å². The zero-order chi connectivity index (χ0) is 7.11. The average molecular weight is 122 g/mol. The highest BCUT2D eigenvalue weighted by atomic mass is 13.7. The third-order valence-corrected chi connectivity index (χ3v) is 1.97. The third kappa shape index (κ3) is 4.68. The fourth-order valence-electron chi connectivity index (χ4n) is 1.37. The molecule has 0 N–H and O–H groups in total. The largest absolute Gasteiger partial charge is 0.0960 e. The van der Waals surface area contributed by atoms with Gasteiger partial charge in [-0.15, -0.1) is 0 Å². The summed E-state index contributed by atoms with van der Waals surface area (Å²) in [5, 5.41) is 0. The predicted molar refractivity (Wildman–Crippen MR) is 51.6 cm³/mol. The minimum absolute atomic E-state index is 1.01. The summed E-state index contributed by atoms with van der Waals surface area (Å²) in [7, 11) is 3.68. The van der Waals surface area contributed by atoms with Gasteiger partial charge >= 0.3 is 0 Å². The summed E-state index contributed by atoms with van der Waals surface area (Å²) in [6.07, 6.45) is 5.59. The van der Waals surface area contributed by atoms with Crippen molar-refractivity contribution in [3.05, 3.63) is 0 Å². The molecule has 0 atom stereocenters.